The van der Waals surface area contributed by atoms with Crippen molar-refractivity contribution in [3.05, 3.63) is 64.7 Å². The number of hydrogen-bond acceptors (Lipinski definition) is 2. The average molecular weight is 358 g/mol. The van der Waals surface area contributed by atoms with Crippen LogP contribution in [0.1, 0.15) is 24.1 Å². The Labute approximate surface area is 154 Å². The van der Waals surface area contributed by atoms with Crippen LogP contribution < -0.4 is 10.2 Å². The molecule has 2 aromatic carbocycles. The summed E-state index contributed by atoms with van der Waals surface area (Å²) in [5, 5.41) is 3.85. The maximum atomic E-state index is 12.5. The third-order valence-corrected chi connectivity index (χ3v) is 4.94. The number of piperazine rings is 1. The van der Waals surface area contributed by atoms with Crippen LogP contribution in [0.2, 0.25) is 5.02 Å². The van der Waals surface area contributed by atoms with Crippen LogP contribution in [0.4, 0.5) is 10.5 Å². The molecule has 1 heterocycles. The first-order valence-corrected chi connectivity index (χ1v) is 9.04. The molecule has 25 heavy (non-hydrogen) atoms. The molecular weight excluding hydrogens is 334 g/mol. The molecule has 1 unspecified atom stereocenters. The Morgan fingerprint density at radius 1 is 1.08 bits per heavy atom. The molecule has 0 radical (unpaired) electrons. The van der Waals surface area contributed by atoms with Gasteiger partial charge in [0.2, 0.25) is 0 Å². The van der Waals surface area contributed by atoms with Crippen molar-refractivity contribution in [2.75, 3.05) is 31.1 Å². The number of aryl methyl sites for hydroxylation is 1. The third-order valence-electron chi connectivity index (χ3n) is 4.71. The van der Waals surface area contributed by atoms with Crippen LogP contribution in [0.5, 0.6) is 0 Å². The minimum atomic E-state index is 0.00355. The van der Waals surface area contributed by atoms with E-state index in [1.54, 1.807) is 0 Å². The summed E-state index contributed by atoms with van der Waals surface area (Å²) < 4.78 is 0. The summed E-state index contributed by atoms with van der Waals surface area (Å²) in [6.45, 7) is 7.18. The van der Waals surface area contributed by atoms with Gasteiger partial charge in [-0.1, -0.05) is 41.9 Å². The summed E-state index contributed by atoms with van der Waals surface area (Å²) in [5.41, 5.74) is 3.48. The second kappa shape index (κ2) is 7.79. The summed E-state index contributed by atoms with van der Waals surface area (Å²) in [4.78, 5) is 16.7. The Morgan fingerprint density at radius 2 is 1.76 bits per heavy atom. The molecule has 1 atom stereocenters. The molecule has 0 aromatic heterocycles. The van der Waals surface area contributed by atoms with Crippen LogP contribution in [-0.2, 0) is 0 Å². The highest BCUT2D eigenvalue weighted by Gasteiger charge is 2.23. The highest BCUT2D eigenvalue weighted by Crippen LogP contribution is 2.24. The van der Waals surface area contributed by atoms with E-state index < -0.39 is 0 Å². The Hall–Kier alpha value is -2.20. The van der Waals surface area contributed by atoms with E-state index in [0.29, 0.717) is 0 Å². The quantitative estimate of drug-likeness (QED) is 0.891. The van der Waals surface area contributed by atoms with E-state index in [4.69, 9.17) is 11.6 Å². The van der Waals surface area contributed by atoms with Crippen molar-refractivity contribution in [3.63, 3.8) is 0 Å². The first-order valence-electron chi connectivity index (χ1n) is 8.66. The van der Waals surface area contributed by atoms with E-state index in [1.807, 2.05) is 54.3 Å². The van der Waals surface area contributed by atoms with Gasteiger partial charge in [-0.2, -0.15) is 0 Å². The van der Waals surface area contributed by atoms with Crippen LogP contribution in [0, 0.1) is 6.92 Å². The number of carbonyl (C=O) groups excluding carboxylic acids is 1. The molecule has 3 rings (SSSR count). The van der Waals surface area contributed by atoms with Gasteiger partial charge in [-0.3, -0.25) is 0 Å². The second-order valence-corrected chi connectivity index (χ2v) is 6.92. The van der Waals surface area contributed by atoms with Crippen LogP contribution in [0.15, 0.2) is 48.5 Å². The molecule has 1 fully saturated rings. The predicted molar refractivity (Wildman–Crippen MR) is 103 cm³/mol. The first kappa shape index (κ1) is 17.6. The van der Waals surface area contributed by atoms with E-state index in [1.165, 1.54) is 11.3 Å². The number of benzene rings is 2. The summed E-state index contributed by atoms with van der Waals surface area (Å²) in [6.07, 6.45) is 0. The zero-order valence-corrected chi connectivity index (χ0v) is 15.5. The lowest BCUT2D eigenvalue weighted by Gasteiger charge is -2.37. The Morgan fingerprint density at radius 3 is 2.40 bits per heavy atom. The van der Waals surface area contributed by atoms with Gasteiger partial charge in [0.25, 0.3) is 0 Å². The standard InChI is InChI=1S/C20H24ClN3O/c1-15-14-18(21)8-9-19(15)23-10-12-24(13-11-23)20(25)22-16(2)17-6-4-3-5-7-17/h3-9,14,16H,10-13H2,1-2H3,(H,22,25). The zero-order chi connectivity index (χ0) is 17.8. The molecule has 4 nitrogen and oxygen atoms in total. The van der Waals surface area contributed by atoms with Crippen molar-refractivity contribution in [2.24, 2.45) is 0 Å². The fourth-order valence-corrected chi connectivity index (χ4v) is 3.45. The summed E-state index contributed by atoms with van der Waals surface area (Å²) >= 11 is 6.04. The van der Waals surface area contributed by atoms with Crippen LogP contribution in [0.3, 0.4) is 0 Å². The Bertz CT molecular complexity index is 727. The lowest BCUT2D eigenvalue weighted by Crippen LogP contribution is -2.52. The van der Waals surface area contributed by atoms with Gasteiger partial charge in [-0.25, -0.2) is 4.79 Å². The highest BCUT2D eigenvalue weighted by atomic mass is 35.5. The van der Waals surface area contributed by atoms with Gasteiger partial charge in [-0.05, 0) is 43.2 Å². The van der Waals surface area contributed by atoms with Crippen molar-refractivity contribution >= 4 is 23.3 Å². The lowest BCUT2D eigenvalue weighted by molar-refractivity contribution is 0.191. The minimum absolute atomic E-state index is 0.00355. The minimum Gasteiger partial charge on any atom is -0.368 e. The highest BCUT2D eigenvalue weighted by molar-refractivity contribution is 6.30. The molecule has 0 spiro atoms. The molecule has 0 aliphatic carbocycles. The number of nitrogens with zero attached hydrogens (tertiary/aromatic N) is 2. The maximum Gasteiger partial charge on any atom is 0.317 e. The number of urea groups is 1. The fraction of sp³-hybridized carbons (Fsp3) is 0.350. The largest absolute Gasteiger partial charge is 0.368 e. The Kier molecular flexibility index (Phi) is 5.49. The number of halogens is 1. The summed E-state index contributed by atoms with van der Waals surface area (Å²) in [6, 6.07) is 16.0. The lowest BCUT2D eigenvalue weighted by atomic mass is 10.1. The third kappa shape index (κ3) is 4.26. The molecule has 1 saturated heterocycles. The van der Waals surface area contributed by atoms with Crippen LogP contribution >= 0.6 is 11.6 Å². The average Bonchev–Trinajstić information content (AvgIpc) is 2.62. The smallest absolute Gasteiger partial charge is 0.317 e. The maximum absolute atomic E-state index is 12.5. The zero-order valence-electron chi connectivity index (χ0n) is 14.7. The van der Waals surface area contributed by atoms with E-state index in [2.05, 4.69) is 23.2 Å². The van der Waals surface area contributed by atoms with Crippen LogP contribution in [0.25, 0.3) is 0 Å². The number of amides is 2. The normalized spacial score (nSPS) is 15.8. The fourth-order valence-electron chi connectivity index (χ4n) is 3.23. The molecule has 0 bridgehead atoms. The summed E-state index contributed by atoms with van der Waals surface area (Å²) in [7, 11) is 0. The van der Waals surface area contributed by atoms with E-state index in [0.717, 1.165) is 36.8 Å². The van der Waals surface area contributed by atoms with Gasteiger partial charge >= 0.3 is 6.03 Å². The van der Waals surface area contributed by atoms with Crippen molar-refractivity contribution in [2.45, 2.75) is 19.9 Å². The van der Waals surface area contributed by atoms with Crippen molar-refractivity contribution in [3.8, 4) is 0 Å². The molecular formula is C20H24ClN3O. The topological polar surface area (TPSA) is 35.6 Å². The number of anilines is 1. The van der Waals surface area contributed by atoms with Crippen molar-refractivity contribution < 1.29 is 4.79 Å². The van der Waals surface area contributed by atoms with Crippen molar-refractivity contribution in [1.82, 2.24) is 10.2 Å². The molecule has 132 valence electrons. The predicted octanol–water partition coefficient (Wildman–Crippen LogP) is 4.24. The van der Waals surface area contributed by atoms with Gasteiger partial charge in [0.1, 0.15) is 0 Å². The number of hydrogen-bond donors (Lipinski definition) is 1. The van der Waals surface area contributed by atoms with Gasteiger partial charge in [0.15, 0.2) is 0 Å². The molecule has 0 saturated carbocycles. The van der Waals surface area contributed by atoms with Gasteiger partial charge < -0.3 is 15.1 Å². The number of carbonyl (C=O) groups is 1. The molecule has 5 heteroatoms. The van der Waals surface area contributed by atoms with E-state index in [-0.39, 0.29) is 12.1 Å². The molecule has 1 aliphatic heterocycles. The molecule has 1 aliphatic rings. The molecule has 1 N–H and O–H groups in total. The molecule has 2 aromatic rings. The van der Waals surface area contributed by atoms with Gasteiger partial charge in [-0.15, -0.1) is 0 Å². The van der Waals surface area contributed by atoms with E-state index in [9.17, 15) is 4.79 Å². The number of rotatable bonds is 3. The SMILES string of the molecule is Cc1cc(Cl)ccc1N1CCN(C(=O)NC(C)c2ccccc2)CC1. The monoisotopic (exact) mass is 357 g/mol. The first-order chi connectivity index (χ1) is 12.0. The van der Waals surface area contributed by atoms with Gasteiger partial charge in [0.05, 0.1) is 6.04 Å². The molecule has 2 amide bonds. The summed E-state index contributed by atoms with van der Waals surface area (Å²) in [5.74, 6) is 0. The van der Waals surface area contributed by atoms with E-state index >= 15 is 0 Å². The Balaban J connectivity index is 1.56. The number of nitrogens with one attached hydrogen (secondary N) is 1. The van der Waals surface area contributed by atoms with Gasteiger partial charge in [0, 0.05) is 36.9 Å². The second-order valence-electron chi connectivity index (χ2n) is 6.49. The van der Waals surface area contributed by atoms with Crippen molar-refractivity contribution in [1.29, 1.82) is 0 Å². The van der Waals surface area contributed by atoms with Crippen LogP contribution in [-0.4, -0.2) is 37.1 Å².